The molecule has 2 aliphatic carbocycles. The highest BCUT2D eigenvalue weighted by atomic mass is 127. The van der Waals surface area contributed by atoms with Crippen LogP contribution in [-0.4, -0.2) is 27.7 Å². The van der Waals surface area contributed by atoms with Crippen molar-refractivity contribution < 1.29 is 4.74 Å². The number of halogens is 1. The van der Waals surface area contributed by atoms with Crippen LogP contribution in [0.2, 0.25) is 0 Å². The molecule has 24 heavy (non-hydrogen) atoms. The fourth-order valence-electron chi connectivity index (χ4n) is 3.53. The van der Waals surface area contributed by atoms with Gasteiger partial charge in [0.1, 0.15) is 5.82 Å². The quantitative estimate of drug-likeness (QED) is 0.710. The van der Waals surface area contributed by atoms with Crippen molar-refractivity contribution in [2.75, 3.05) is 18.1 Å². The van der Waals surface area contributed by atoms with E-state index < -0.39 is 0 Å². The molecule has 0 spiro atoms. The molecule has 0 saturated heterocycles. The molecule has 2 aromatic rings. The van der Waals surface area contributed by atoms with Crippen molar-refractivity contribution in [1.29, 1.82) is 0 Å². The number of rotatable bonds is 4. The van der Waals surface area contributed by atoms with E-state index in [2.05, 4.69) is 37.5 Å². The molecule has 4 N–H and O–H groups in total. The molecule has 6 nitrogen and oxygen atoms in total. The van der Waals surface area contributed by atoms with E-state index in [9.17, 15) is 0 Å². The average Bonchev–Trinajstić information content (AvgIpc) is 3.41. The fourth-order valence-corrected chi connectivity index (χ4v) is 4.06. The molecular formula is C17H22IN5O. The lowest BCUT2D eigenvalue weighted by molar-refractivity contribution is 0.0185. The predicted molar refractivity (Wildman–Crippen MR) is 103 cm³/mol. The maximum Gasteiger partial charge on any atom is 0.220 e. The summed E-state index contributed by atoms with van der Waals surface area (Å²) in [5.41, 5.74) is 13.9. The largest absolute Gasteiger partial charge is 0.383 e. The SMILES string of the molecule is Nc1nc(C2CCC(OCC3CC3)CC2)c2c(N)ncc(I)c2n1. The smallest absolute Gasteiger partial charge is 0.220 e. The van der Waals surface area contributed by atoms with E-state index in [4.69, 9.17) is 16.2 Å². The molecule has 7 heteroatoms. The number of nitrogens with zero attached hydrogens (tertiary/aromatic N) is 3. The lowest BCUT2D eigenvalue weighted by Gasteiger charge is -2.29. The van der Waals surface area contributed by atoms with Gasteiger partial charge >= 0.3 is 0 Å². The van der Waals surface area contributed by atoms with Crippen molar-refractivity contribution >= 4 is 45.3 Å². The lowest BCUT2D eigenvalue weighted by Crippen LogP contribution is -2.22. The molecule has 0 bridgehead atoms. The van der Waals surface area contributed by atoms with Gasteiger partial charge in [-0.15, -0.1) is 0 Å². The normalized spacial score (nSPS) is 24.4. The molecule has 0 aromatic carbocycles. The Bertz CT molecular complexity index is 756. The van der Waals surface area contributed by atoms with E-state index in [1.807, 2.05) is 0 Å². The zero-order chi connectivity index (χ0) is 16.7. The number of fused-ring (bicyclic) bond motifs is 1. The highest BCUT2D eigenvalue weighted by molar-refractivity contribution is 14.1. The van der Waals surface area contributed by atoms with Gasteiger partial charge in [0.15, 0.2) is 0 Å². The summed E-state index contributed by atoms with van der Waals surface area (Å²) < 4.78 is 7.00. The third kappa shape index (κ3) is 3.28. The van der Waals surface area contributed by atoms with Crippen LogP contribution in [0.1, 0.15) is 50.1 Å². The van der Waals surface area contributed by atoms with Crippen molar-refractivity contribution in [2.45, 2.75) is 50.5 Å². The molecule has 0 amide bonds. The van der Waals surface area contributed by atoms with Crippen molar-refractivity contribution in [1.82, 2.24) is 15.0 Å². The molecule has 4 rings (SSSR count). The summed E-state index contributed by atoms with van der Waals surface area (Å²) in [4.78, 5) is 13.2. The number of nitrogen functional groups attached to an aromatic ring is 2. The highest BCUT2D eigenvalue weighted by Crippen LogP contribution is 2.39. The Balaban J connectivity index is 1.57. The van der Waals surface area contributed by atoms with E-state index >= 15 is 0 Å². The van der Waals surface area contributed by atoms with Gasteiger partial charge in [-0.25, -0.2) is 15.0 Å². The van der Waals surface area contributed by atoms with Crippen LogP contribution in [0.4, 0.5) is 11.8 Å². The monoisotopic (exact) mass is 439 g/mol. The third-order valence-corrected chi connectivity index (χ3v) is 5.87. The first-order valence-electron chi connectivity index (χ1n) is 8.60. The number of aromatic nitrogens is 3. The summed E-state index contributed by atoms with van der Waals surface area (Å²) in [7, 11) is 0. The Morgan fingerprint density at radius 1 is 1.08 bits per heavy atom. The predicted octanol–water partition coefficient (Wildman–Crippen LogP) is 3.25. The Hall–Kier alpha value is -1.22. The number of nitrogens with two attached hydrogens (primary N) is 2. The Kier molecular flexibility index (Phi) is 4.46. The second kappa shape index (κ2) is 6.59. The molecular weight excluding hydrogens is 417 g/mol. The van der Waals surface area contributed by atoms with Crippen LogP contribution in [0.5, 0.6) is 0 Å². The zero-order valence-corrected chi connectivity index (χ0v) is 15.7. The summed E-state index contributed by atoms with van der Waals surface area (Å²) in [5.74, 6) is 1.97. The van der Waals surface area contributed by atoms with Gasteiger partial charge in [-0.05, 0) is 67.0 Å². The molecule has 0 unspecified atom stereocenters. The minimum Gasteiger partial charge on any atom is -0.383 e. The van der Waals surface area contributed by atoms with Crippen LogP contribution >= 0.6 is 22.6 Å². The molecule has 0 atom stereocenters. The van der Waals surface area contributed by atoms with Crippen LogP contribution in [0.25, 0.3) is 10.9 Å². The summed E-state index contributed by atoms with van der Waals surface area (Å²) in [6, 6.07) is 0. The third-order valence-electron chi connectivity index (χ3n) is 5.08. The van der Waals surface area contributed by atoms with Gasteiger partial charge in [0.25, 0.3) is 0 Å². The second-order valence-corrected chi connectivity index (χ2v) is 8.09. The van der Waals surface area contributed by atoms with E-state index in [-0.39, 0.29) is 0 Å². The summed E-state index contributed by atoms with van der Waals surface area (Å²) in [5, 5.41) is 0.874. The summed E-state index contributed by atoms with van der Waals surface area (Å²) >= 11 is 2.22. The maximum atomic E-state index is 6.14. The number of pyridine rings is 1. The van der Waals surface area contributed by atoms with Gasteiger partial charge in [-0.1, -0.05) is 0 Å². The number of hydrogen-bond donors (Lipinski definition) is 2. The van der Waals surface area contributed by atoms with Gasteiger partial charge in [-0.2, -0.15) is 0 Å². The molecule has 0 radical (unpaired) electrons. The second-order valence-electron chi connectivity index (χ2n) is 6.93. The molecule has 2 heterocycles. The first-order chi connectivity index (χ1) is 11.6. The van der Waals surface area contributed by atoms with Gasteiger partial charge in [0, 0.05) is 18.7 Å². The van der Waals surface area contributed by atoms with E-state index in [1.54, 1.807) is 6.20 Å². The molecule has 2 fully saturated rings. The van der Waals surface area contributed by atoms with Crippen LogP contribution < -0.4 is 11.5 Å². The summed E-state index contributed by atoms with van der Waals surface area (Å²) in [6.07, 6.45) is 9.04. The van der Waals surface area contributed by atoms with Gasteiger partial charge < -0.3 is 16.2 Å². The molecule has 2 saturated carbocycles. The Morgan fingerprint density at radius 2 is 1.83 bits per heavy atom. The summed E-state index contributed by atoms with van der Waals surface area (Å²) in [6.45, 7) is 0.938. The number of ether oxygens (including phenoxy) is 1. The number of hydrogen-bond acceptors (Lipinski definition) is 6. The van der Waals surface area contributed by atoms with E-state index in [0.29, 0.717) is 23.8 Å². The molecule has 0 aliphatic heterocycles. The van der Waals surface area contributed by atoms with Crippen molar-refractivity contribution in [3.8, 4) is 0 Å². The maximum absolute atomic E-state index is 6.14. The lowest BCUT2D eigenvalue weighted by atomic mass is 9.84. The van der Waals surface area contributed by atoms with Gasteiger partial charge in [0.2, 0.25) is 5.95 Å². The standard InChI is InChI=1S/C17H22IN5O/c18-12-7-21-16(19)13-14(22-17(20)23-15(12)13)10-3-5-11(6-4-10)24-8-9-1-2-9/h7,9-11H,1-6,8H2,(H2,19,21)(H2,20,22,23). The van der Waals surface area contributed by atoms with Crippen LogP contribution in [0, 0.1) is 9.49 Å². The van der Waals surface area contributed by atoms with Crippen molar-refractivity contribution in [3.05, 3.63) is 15.5 Å². The Labute approximate surface area is 154 Å². The van der Waals surface area contributed by atoms with Crippen molar-refractivity contribution in [3.63, 3.8) is 0 Å². The molecule has 128 valence electrons. The van der Waals surface area contributed by atoms with E-state index in [1.165, 1.54) is 12.8 Å². The number of anilines is 2. The zero-order valence-electron chi connectivity index (χ0n) is 13.5. The van der Waals surface area contributed by atoms with Crippen LogP contribution in [0.3, 0.4) is 0 Å². The molecule has 2 aliphatic rings. The van der Waals surface area contributed by atoms with Crippen LogP contribution in [-0.2, 0) is 4.74 Å². The van der Waals surface area contributed by atoms with Gasteiger partial charge in [-0.3, -0.25) is 0 Å². The average molecular weight is 439 g/mol. The highest BCUT2D eigenvalue weighted by Gasteiger charge is 2.29. The minimum atomic E-state index is 0.313. The topological polar surface area (TPSA) is 99.9 Å². The fraction of sp³-hybridized carbons (Fsp3) is 0.588. The van der Waals surface area contributed by atoms with E-state index in [0.717, 1.165) is 58.4 Å². The van der Waals surface area contributed by atoms with Crippen molar-refractivity contribution in [2.24, 2.45) is 5.92 Å². The minimum absolute atomic E-state index is 0.313. The first-order valence-corrected chi connectivity index (χ1v) is 9.68. The first kappa shape index (κ1) is 16.3. The van der Waals surface area contributed by atoms with Crippen LogP contribution in [0.15, 0.2) is 6.20 Å². The molecule has 2 aromatic heterocycles. The van der Waals surface area contributed by atoms with Gasteiger partial charge in [0.05, 0.1) is 26.3 Å². The Morgan fingerprint density at radius 3 is 2.54 bits per heavy atom.